The molecule has 1 aromatic carbocycles. The van der Waals surface area contributed by atoms with Crippen LogP contribution in [0.15, 0.2) is 22.7 Å². The molecule has 0 aliphatic heterocycles. The Kier molecular flexibility index (Phi) is 5.45. The first-order valence-corrected chi connectivity index (χ1v) is 5.61. The van der Waals surface area contributed by atoms with Gasteiger partial charge < -0.3 is 4.74 Å². The Labute approximate surface area is 103 Å². The summed E-state index contributed by atoms with van der Waals surface area (Å²) in [6, 6.07) is 5.51. The topological polar surface area (TPSA) is 47.6 Å². The number of ether oxygens (including phenoxy) is 1. The van der Waals surface area contributed by atoms with E-state index in [1.165, 1.54) is 0 Å². The highest BCUT2D eigenvalue weighted by atomic mass is 79.9. The molecule has 0 heterocycles. The number of rotatable bonds is 5. The molecule has 5 heteroatoms. The molecule has 0 bridgehead atoms. The number of carbonyl (C=O) groups excluding carboxylic acids is 1. The highest BCUT2D eigenvalue weighted by Crippen LogP contribution is 2.15. The van der Waals surface area contributed by atoms with E-state index in [9.17, 15) is 4.79 Å². The van der Waals surface area contributed by atoms with Gasteiger partial charge in [0, 0.05) is 17.1 Å². The van der Waals surface area contributed by atoms with Gasteiger partial charge in [0.2, 0.25) is 0 Å². The minimum absolute atomic E-state index is 0.255. The quantitative estimate of drug-likeness (QED) is 0.666. The Bertz CT molecular complexity index is 368. The molecule has 4 nitrogen and oxygen atoms in total. The number of benzene rings is 1. The fourth-order valence-corrected chi connectivity index (χ4v) is 1.50. The van der Waals surface area contributed by atoms with Gasteiger partial charge in [-0.05, 0) is 24.6 Å². The third-order valence-electron chi connectivity index (χ3n) is 2.00. The standard InChI is InChI=1S/C11H14BrNO3/c1-8-3-4-9(12)7-10(8)11(14)13-16-6-5-15-2/h3-4,7H,5-6H2,1-2H3,(H,13,14). The minimum Gasteiger partial charge on any atom is -0.382 e. The summed E-state index contributed by atoms with van der Waals surface area (Å²) in [7, 11) is 1.57. The van der Waals surface area contributed by atoms with Gasteiger partial charge in [-0.25, -0.2) is 5.48 Å². The normalized spacial score (nSPS) is 10.2. The predicted octanol–water partition coefficient (Wildman–Crippen LogP) is 2.07. The lowest BCUT2D eigenvalue weighted by Crippen LogP contribution is -2.26. The summed E-state index contributed by atoms with van der Waals surface area (Å²) in [5, 5.41) is 0. The summed E-state index contributed by atoms with van der Waals surface area (Å²) in [6.07, 6.45) is 0. The van der Waals surface area contributed by atoms with Gasteiger partial charge in [-0.3, -0.25) is 9.63 Å². The van der Waals surface area contributed by atoms with Crippen molar-refractivity contribution in [2.45, 2.75) is 6.92 Å². The average molecular weight is 288 g/mol. The molecule has 1 amide bonds. The summed E-state index contributed by atoms with van der Waals surface area (Å²) < 4.78 is 5.65. The van der Waals surface area contributed by atoms with Crippen molar-refractivity contribution in [2.24, 2.45) is 0 Å². The van der Waals surface area contributed by atoms with Crippen LogP contribution in [0.25, 0.3) is 0 Å². The predicted molar refractivity (Wildman–Crippen MR) is 64.2 cm³/mol. The van der Waals surface area contributed by atoms with Crippen LogP contribution in [0.5, 0.6) is 0 Å². The first kappa shape index (κ1) is 13.2. The average Bonchev–Trinajstić information content (AvgIpc) is 2.27. The van der Waals surface area contributed by atoms with Gasteiger partial charge in [-0.15, -0.1) is 0 Å². The van der Waals surface area contributed by atoms with E-state index in [1.807, 2.05) is 19.1 Å². The first-order chi connectivity index (χ1) is 7.65. The smallest absolute Gasteiger partial charge is 0.275 e. The molecule has 0 saturated heterocycles. The van der Waals surface area contributed by atoms with Crippen molar-refractivity contribution in [1.82, 2.24) is 5.48 Å². The highest BCUT2D eigenvalue weighted by Gasteiger charge is 2.08. The SMILES string of the molecule is COCCONC(=O)c1cc(Br)ccc1C. The van der Waals surface area contributed by atoms with Crippen molar-refractivity contribution in [3.63, 3.8) is 0 Å². The summed E-state index contributed by atoms with van der Waals surface area (Å²) in [6.45, 7) is 2.64. The van der Waals surface area contributed by atoms with Crippen LogP contribution in [-0.4, -0.2) is 26.2 Å². The zero-order valence-corrected chi connectivity index (χ0v) is 10.8. The lowest BCUT2D eigenvalue weighted by molar-refractivity contribution is 0.00884. The van der Waals surface area contributed by atoms with Crippen LogP contribution in [0.3, 0.4) is 0 Å². The van der Waals surface area contributed by atoms with E-state index in [-0.39, 0.29) is 5.91 Å². The Morgan fingerprint density at radius 3 is 2.88 bits per heavy atom. The molecule has 1 aromatic rings. The molecule has 0 aliphatic rings. The van der Waals surface area contributed by atoms with Gasteiger partial charge in [-0.2, -0.15) is 0 Å². The number of methoxy groups -OCH3 is 1. The van der Waals surface area contributed by atoms with Crippen molar-refractivity contribution in [3.05, 3.63) is 33.8 Å². The fourth-order valence-electron chi connectivity index (χ4n) is 1.14. The molecule has 0 aromatic heterocycles. The second-order valence-electron chi connectivity index (χ2n) is 3.23. The van der Waals surface area contributed by atoms with E-state index in [1.54, 1.807) is 13.2 Å². The molecule has 0 radical (unpaired) electrons. The molecule has 88 valence electrons. The monoisotopic (exact) mass is 287 g/mol. The maximum Gasteiger partial charge on any atom is 0.275 e. The fraction of sp³-hybridized carbons (Fsp3) is 0.364. The second kappa shape index (κ2) is 6.62. The number of carbonyl (C=O) groups is 1. The molecule has 0 atom stereocenters. The van der Waals surface area contributed by atoms with Crippen LogP contribution in [-0.2, 0) is 9.57 Å². The van der Waals surface area contributed by atoms with Crippen molar-refractivity contribution >= 4 is 21.8 Å². The maximum absolute atomic E-state index is 11.7. The van der Waals surface area contributed by atoms with Gasteiger partial charge >= 0.3 is 0 Å². The number of aryl methyl sites for hydroxylation is 1. The Morgan fingerprint density at radius 2 is 2.19 bits per heavy atom. The Hall–Kier alpha value is -0.910. The van der Waals surface area contributed by atoms with E-state index in [0.29, 0.717) is 18.8 Å². The van der Waals surface area contributed by atoms with Crippen LogP contribution < -0.4 is 5.48 Å². The third kappa shape index (κ3) is 3.92. The zero-order valence-electron chi connectivity index (χ0n) is 9.25. The van der Waals surface area contributed by atoms with Crippen LogP contribution >= 0.6 is 15.9 Å². The van der Waals surface area contributed by atoms with Gasteiger partial charge in [0.1, 0.15) is 0 Å². The Morgan fingerprint density at radius 1 is 1.44 bits per heavy atom. The summed E-state index contributed by atoms with van der Waals surface area (Å²) in [4.78, 5) is 16.6. The molecule has 16 heavy (non-hydrogen) atoms. The lowest BCUT2D eigenvalue weighted by Gasteiger charge is -2.07. The number of nitrogens with one attached hydrogen (secondary N) is 1. The van der Waals surface area contributed by atoms with E-state index < -0.39 is 0 Å². The summed E-state index contributed by atoms with van der Waals surface area (Å²) in [5.74, 6) is -0.255. The number of amides is 1. The third-order valence-corrected chi connectivity index (χ3v) is 2.49. The van der Waals surface area contributed by atoms with E-state index in [2.05, 4.69) is 21.4 Å². The molecule has 0 saturated carbocycles. The van der Waals surface area contributed by atoms with Crippen molar-refractivity contribution in [1.29, 1.82) is 0 Å². The molecule has 0 fully saturated rings. The Balaban J connectivity index is 2.55. The molecule has 0 unspecified atom stereocenters. The number of hydrogen-bond acceptors (Lipinski definition) is 3. The largest absolute Gasteiger partial charge is 0.382 e. The molecule has 0 aliphatic carbocycles. The van der Waals surface area contributed by atoms with Crippen molar-refractivity contribution in [3.8, 4) is 0 Å². The van der Waals surface area contributed by atoms with Gasteiger partial charge in [-0.1, -0.05) is 22.0 Å². The summed E-state index contributed by atoms with van der Waals surface area (Å²) >= 11 is 3.32. The van der Waals surface area contributed by atoms with E-state index in [4.69, 9.17) is 9.57 Å². The van der Waals surface area contributed by atoms with Gasteiger partial charge in [0.25, 0.3) is 5.91 Å². The van der Waals surface area contributed by atoms with Crippen LogP contribution in [0, 0.1) is 6.92 Å². The van der Waals surface area contributed by atoms with E-state index in [0.717, 1.165) is 10.0 Å². The van der Waals surface area contributed by atoms with Crippen LogP contribution in [0.4, 0.5) is 0 Å². The molecular weight excluding hydrogens is 274 g/mol. The van der Waals surface area contributed by atoms with Crippen molar-refractivity contribution < 1.29 is 14.4 Å². The second-order valence-corrected chi connectivity index (χ2v) is 4.15. The first-order valence-electron chi connectivity index (χ1n) is 4.82. The number of halogens is 1. The van der Waals surface area contributed by atoms with Crippen molar-refractivity contribution in [2.75, 3.05) is 20.3 Å². The van der Waals surface area contributed by atoms with Crippen LogP contribution in [0.1, 0.15) is 15.9 Å². The summed E-state index contributed by atoms with van der Waals surface area (Å²) in [5.41, 5.74) is 3.85. The number of hydroxylamine groups is 1. The maximum atomic E-state index is 11.7. The molecule has 1 rings (SSSR count). The zero-order chi connectivity index (χ0) is 12.0. The van der Waals surface area contributed by atoms with Crippen LogP contribution in [0.2, 0.25) is 0 Å². The minimum atomic E-state index is -0.255. The van der Waals surface area contributed by atoms with Gasteiger partial charge in [0.15, 0.2) is 0 Å². The molecule has 1 N–H and O–H groups in total. The molecule has 0 spiro atoms. The lowest BCUT2D eigenvalue weighted by atomic mass is 10.1. The number of hydrogen-bond donors (Lipinski definition) is 1. The van der Waals surface area contributed by atoms with Gasteiger partial charge in [0.05, 0.1) is 13.2 Å². The van der Waals surface area contributed by atoms with E-state index >= 15 is 0 Å². The highest BCUT2D eigenvalue weighted by molar-refractivity contribution is 9.10. The molecular formula is C11H14BrNO3.